The Morgan fingerprint density at radius 3 is 2.78 bits per heavy atom. The minimum absolute atomic E-state index is 0.00935. The van der Waals surface area contributed by atoms with Gasteiger partial charge in [-0.1, -0.05) is 22.8 Å². The molecule has 2 aliphatic rings. The predicted molar refractivity (Wildman–Crippen MR) is 123 cm³/mol. The zero-order chi connectivity index (χ0) is 22.9. The van der Waals surface area contributed by atoms with Gasteiger partial charge in [-0.25, -0.2) is 4.98 Å². The minimum Gasteiger partial charge on any atom is -0.387 e. The van der Waals surface area contributed by atoms with Crippen molar-refractivity contribution in [1.29, 1.82) is 0 Å². The Bertz CT molecular complexity index is 1140. The number of carbonyl (C=O) groups excluding carboxylic acids is 1. The highest BCUT2D eigenvalue weighted by Crippen LogP contribution is 2.40. The maximum Gasteiger partial charge on any atom is 0.306 e. The Hall–Kier alpha value is -1.88. The summed E-state index contributed by atoms with van der Waals surface area (Å²) in [6.07, 6.45) is 2.46. The van der Waals surface area contributed by atoms with Gasteiger partial charge in [-0.15, -0.1) is 22.9 Å². The highest BCUT2D eigenvalue weighted by Gasteiger charge is 2.32. The molecule has 0 saturated carbocycles. The van der Waals surface area contributed by atoms with Crippen molar-refractivity contribution < 1.29 is 22.2 Å². The number of nitrogens with zero attached hydrogens (tertiary/aromatic N) is 3. The number of carbonyl (C=O) groups is 1. The van der Waals surface area contributed by atoms with E-state index in [1.807, 2.05) is 5.38 Å². The molecule has 1 unspecified atom stereocenters. The molecule has 0 radical (unpaired) electrons. The van der Waals surface area contributed by atoms with Crippen molar-refractivity contribution in [3.8, 4) is 5.75 Å². The molecule has 172 valence electrons. The summed E-state index contributed by atoms with van der Waals surface area (Å²) in [5.74, 6) is 0.381. The van der Waals surface area contributed by atoms with E-state index in [0.29, 0.717) is 35.8 Å². The molecule has 0 spiro atoms. The summed E-state index contributed by atoms with van der Waals surface area (Å²) in [5.41, 5.74) is 1.83. The number of rotatable bonds is 6. The van der Waals surface area contributed by atoms with Gasteiger partial charge in [-0.2, -0.15) is 8.42 Å². The third-order valence-electron chi connectivity index (χ3n) is 5.37. The zero-order valence-electron chi connectivity index (χ0n) is 17.2. The van der Waals surface area contributed by atoms with Gasteiger partial charge in [0.15, 0.2) is 11.9 Å². The molecule has 1 atom stereocenters. The normalized spacial score (nSPS) is 19.5. The van der Waals surface area contributed by atoms with Crippen LogP contribution in [0.4, 0.5) is 0 Å². The van der Waals surface area contributed by atoms with E-state index in [2.05, 4.69) is 5.16 Å². The number of thiazole rings is 1. The predicted octanol–water partition coefficient (Wildman–Crippen LogP) is 3.95. The molecule has 0 bridgehead atoms. The SMILES string of the molecule is CS(=O)(=O)Oc1cccc(Cl)c1C1CC(c2csc(C3CCN(C(=O)CCl)CC3)n2)=NO1. The lowest BCUT2D eigenvalue weighted by Crippen LogP contribution is -2.38. The van der Waals surface area contributed by atoms with Crippen LogP contribution in [0.3, 0.4) is 0 Å². The van der Waals surface area contributed by atoms with Crippen LogP contribution in [0.5, 0.6) is 5.75 Å². The molecule has 2 aromatic rings. The number of piperidine rings is 1. The Balaban J connectivity index is 1.45. The van der Waals surface area contributed by atoms with Gasteiger partial charge in [0.2, 0.25) is 5.91 Å². The molecule has 1 aromatic carbocycles. The number of benzene rings is 1. The van der Waals surface area contributed by atoms with Crippen LogP contribution < -0.4 is 4.18 Å². The molecule has 12 heteroatoms. The average molecular weight is 518 g/mol. The molecule has 4 rings (SSSR count). The smallest absolute Gasteiger partial charge is 0.306 e. The number of alkyl halides is 1. The Morgan fingerprint density at radius 1 is 1.34 bits per heavy atom. The molecule has 0 aliphatic carbocycles. The Kier molecular flexibility index (Phi) is 6.94. The van der Waals surface area contributed by atoms with Gasteiger partial charge < -0.3 is 13.9 Å². The molecular formula is C20H21Cl2N3O5S2. The van der Waals surface area contributed by atoms with Gasteiger partial charge in [0.1, 0.15) is 11.6 Å². The lowest BCUT2D eigenvalue weighted by atomic mass is 9.97. The van der Waals surface area contributed by atoms with Crippen molar-refractivity contribution in [2.75, 3.05) is 25.2 Å². The lowest BCUT2D eigenvalue weighted by molar-refractivity contribution is -0.129. The minimum atomic E-state index is -3.73. The average Bonchev–Trinajstić information content (AvgIpc) is 3.42. The van der Waals surface area contributed by atoms with Crippen LogP contribution in [0, 0.1) is 0 Å². The molecule has 8 nitrogen and oxygen atoms in total. The van der Waals surface area contributed by atoms with Crippen molar-refractivity contribution in [3.05, 3.63) is 44.9 Å². The van der Waals surface area contributed by atoms with Crippen molar-refractivity contribution in [1.82, 2.24) is 9.88 Å². The van der Waals surface area contributed by atoms with Crippen LogP contribution >= 0.6 is 34.5 Å². The fourth-order valence-corrected chi connectivity index (χ4v) is 5.75. The van der Waals surface area contributed by atoms with E-state index >= 15 is 0 Å². The van der Waals surface area contributed by atoms with E-state index in [-0.39, 0.29) is 23.5 Å². The van der Waals surface area contributed by atoms with E-state index < -0.39 is 16.2 Å². The van der Waals surface area contributed by atoms with Gasteiger partial charge in [0, 0.05) is 30.8 Å². The summed E-state index contributed by atoms with van der Waals surface area (Å²) >= 11 is 13.5. The maximum atomic E-state index is 11.8. The second kappa shape index (κ2) is 9.54. The molecule has 1 fully saturated rings. The first-order chi connectivity index (χ1) is 15.2. The highest BCUT2D eigenvalue weighted by atomic mass is 35.5. The summed E-state index contributed by atoms with van der Waals surface area (Å²) in [6.45, 7) is 1.35. The van der Waals surface area contributed by atoms with Crippen LogP contribution in [0.1, 0.15) is 47.5 Å². The van der Waals surface area contributed by atoms with Crippen LogP contribution in [0.15, 0.2) is 28.7 Å². The largest absolute Gasteiger partial charge is 0.387 e. The second-order valence-electron chi connectivity index (χ2n) is 7.63. The third kappa shape index (κ3) is 5.19. The summed E-state index contributed by atoms with van der Waals surface area (Å²) in [7, 11) is -3.73. The van der Waals surface area contributed by atoms with Crippen LogP contribution in [0.2, 0.25) is 5.02 Å². The number of likely N-dealkylation sites (tertiary alicyclic amines) is 1. The molecule has 0 N–H and O–H groups in total. The Labute approximate surface area is 200 Å². The van der Waals surface area contributed by atoms with Crippen molar-refractivity contribution in [2.45, 2.75) is 31.3 Å². The van der Waals surface area contributed by atoms with E-state index in [1.165, 1.54) is 6.07 Å². The van der Waals surface area contributed by atoms with Crippen molar-refractivity contribution in [3.63, 3.8) is 0 Å². The first kappa shape index (κ1) is 23.3. The summed E-state index contributed by atoms with van der Waals surface area (Å²) in [4.78, 5) is 23.9. The lowest BCUT2D eigenvalue weighted by Gasteiger charge is -2.30. The topological polar surface area (TPSA) is 98.2 Å². The molecule has 3 heterocycles. The number of hydrogen-bond donors (Lipinski definition) is 0. The van der Waals surface area contributed by atoms with E-state index in [0.717, 1.165) is 29.8 Å². The van der Waals surface area contributed by atoms with Crippen molar-refractivity contribution in [2.24, 2.45) is 5.16 Å². The van der Waals surface area contributed by atoms with Gasteiger partial charge in [-0.05, 0) is 25.0 Å². The zero-order valence-corrected chi connectivity index (χ0v) is 20.3. The third-order valence-corrected chi connectivity index (χ3v) is 7.42. The molecule has 1 saturated heterocycles. The van der Waals surface area contributed by atoms with E-state index in [1.54, 1.807) is 28.4 Å². The molecular weight excluding hydrogens is 497 g/mol. The number of oxime groups is 1. The number of amides is 1. The maximum absolute atomic E-state index is 11.8. The van der Waals surface area contributed by atoms with Crippen LogP contribution in [0.25, 0.3) is 0 Å². The van der Waals surface area contributed by atoms with Crippen LogP contribution in [-0.4, -0.2) is 55.1 Å². The summed E-state index contributed by atoms with van der Waals surface area (Å²) in [5, 5.41) is 7.46. The van der Waals surface area contributed by atoms with Gasteiger partial charge in [0.05, 0.1) is 27.5 Å². The number of halogens is 2. The summed E-state index contributed by atoms with van der Waals surface area (Å²) < 4.78 is 28.3. The molecule has 1 aromatic heterocycles. The van der Waals surface area contributed by atoms with Gasteiger partial charge >= 0.3 is 10.1 Å². The number of aromatic nitrogens is 1. The van der Waals surface area contributed by atoms with E-state index in [9.17, 15) is 13.2 Å². The monoisotopic (exact) mass is 517 g/mol. The molecule has 32 heavy (non-hydrogen) atoms. The van der Waals surface area contributed by atoms with Gasteiger partial charge in [-0.3, -0.25) is 4.79 Å². The quantitative estimate of drug-likeness (QED) is 0.425. The standard InChI is InChI=1S/C20H21Cl2N3O5S2/c1-32(27,28)30-16-4-2-3-13(22)19(16)17-9-14(24-29-17)15-11-31-20(23-15)12-5-7-25(8-6-12)18(26)10-21/h2-4,11-12,17H,5-10H2,1H3. The Morgan fingerprint density at radius 2 is 2.09 bits per heavy atom. The fourth-order valence-electron chi connectivity index (χ4n) is 3.82. The fraction of sp³-hybridized carbons (Fsp3) is 0.450. The van der Waals surface area contributed by atoms with Gasteiger partial charge in [0.25, 0.3) is 0 Å². The van der Waals surface area contributed by atoms with Crippen molar-refractivity contribution >= 4 is 56.3 Å². The van der Waals surface area contributed by atoms with E-state index in [4.69, 9.17) is 37.2 Å². The second-order valence-corrected chi connectivity index (χ2v) is 10.8. The first-order valence-electron chi connectivity index (χ1n) is 9.95. The molecule has 2 aliphatic heterocycles. The molecule has 1 amide bonds. The number of hydrogen-bond acceptors (Lipinski definition) is 8. The van der Waals surface area contributed by atoms with Crippen LogP contribution in [-0.2, 0) is 19.8 Å². The highest BCUT2D eigenvalue weighted by molar-refractivity contribution is 7.86. The first-order valence-corrected chi connectivity index (χ1v) is 13.6. The summed E-state index contributed by atoms with van der Waals surface area (Å²) in [6, 6.07) is 4.79.